The number of benzene rings is 3. The number of para-hydroxylation sites is 2. The first-order chi connectivity index (χ1) is 13.8. The summed E-state index contributed by atoms with van der Waals surface area (Å²) in [5.41, 5.74) is 1.39. The van der Waals surface area contributed by atoms with Gasteiger partial charge in [0.2, 0.25) is 0 Å². The Balaban J connectivity index is 0.000000257. The van der Waals surface area contributed by atoms with Crippen LogP contribution in [0.3, 0.4) is 0 Å². The van der Waals surface area contributed by atoms with E-state index in [9.17, 15) is 0 Å². The molecule has 0 radical (unpaired) electrons. The zero-order valence-corrected chi connectivity index (χ0v) is 18.1. The van der Waals surface area contributed by atoms with E-state index in [0.717, 1.165) is 33.9 Å². The van der Waals surface area contributed by atoms with Crippen molar-refractivity contribution in [2.75, 3.05) is 13.7 Å². The molecule has 3 aromatic rings. The summed E-state index contributed by atoms with van der Waals surface area (Å²) in [7, 11) is 1.76. The summed E-state index contributed by atoms with van der Waals surface area (Å²) >= 11 is 0. The fraction of sp³-hybridized carbons (Fsp3) is 0.250. The minimum Gasteiger partial charge on any atom is -0.546 e. The molecule has 28 heavy (non-hydrogen) atoms. The number of rotatable bonds is 7. The average Bonchev–Trinajstić information content (AvgIpc) is 2.76. The van der Waals surface area contributed by atoms with Crippen molar-refractivity contribution in [1.29, 1.82) is 0 Å². The lowest BCUT2D eigenvalue weighted by molar-refractivity contribution is 0.199. The van der Waals surface area contributed by atoms with Crippen LogP contribution in [0.1, 0.15) is 25.3 Å². The molecule has 0 amide bonds. The van der Waals surface area contributed by atoms with Crippen molar-refractivity contribution in [3.05, 3.63) is 90.5 Å². The van der Waals surface area contributed by atoms with Gasteiger partial charge in [-0.2, -0.15) is 0 Å². The summed E-state index contributed by atoms with van der Waals surface area (Å²) in [6, 6.07) is 28.5. The van der Waals surface area contributed by atoms with Gasteiger partial charge in [0.05, 0.1) is 0 Å². The standard InChI is InChI=1S/C12H10O.C11H18NP.CH4O/c1-3-7-11(8-4-1)13-12-9-5-2-6-10-12;1-3-4-9-12-13-11-8-6-5-7-10(11)2;1-2/h1-10H;5-8,12-13H,3-4,9H2,1-2H3;2H,1H3/p+1. The van der Waals surface area contributed by atoms with Crippen LogP contribution >= 0.6 is 8.73 Å². The van der Waals surface area contributed by atoms with Crippen LogP contribution in [0, 0.1) is 6.92 Å². The molecule has 0 fully saturated rings. The Kier molecular flexibility index (Phi) is 13.5. The fourth-order valence-electron chi connectivity index (χ4n) is 2.29. The van der Waals surface area contributed by atoms with E-state index in [-0.39, 0.29) is 0 Å². The van der Waals surface area contributed by atoms with Crippen LogP contribution in [-0.2, 0) is 0 Å². The summed E-state index contributed by atoms with van der Waals surface area (Å²) in [6.07, 6.45) is 2.55. The Bertz CT molecular complexity index is 698. The summed E-state index contributed by atoms with van der Waals surface area (Å²) in [6.45, 7) is 5.53. The van der Waals surface area contributed by atoms with Gasteiger partial charge in [0, 0.05) is 31.4 Å². The highest BCUT2D eigenvalue weighted by Crippen LogP contribution is 2.21. The van der Waals surface area contributed by atoms with Crippen LogP contribution in [0.15, 0.2) is 84.9 Å². The molecule has 3 rings (SSSR count). The molecular weight excluding hydrogens is 365 g/mol. The summed E-state index contributed by atoms with van der Waals surface area (Å²) in [5.74, 6) is 1.99. The minimum absolute atomic E-state index is 0.763. The van der Waals surface area contributed by atoms with E-state index in [2.05, 4.69) is 47.9 Å². The highest BCUT2D eigenvalue weighted by atomic mass is 31.1. The van der Waals surface area contributed by atoms with Crippen LogP contribution in [0.2, 0.25) is 0 Å². The third-order valence-electron chi connectivity index (χ3n) is 3.79. The second kappa shape index (κ2) is 15.8. The van der Waals surface area contributed by atoms with Crippen molar-refractivity contribution >= 4 is 14.0 Å². The van der Waals surface area contributed by atoms with Gasteiger partial charge in [-0.1, -0.05) is 74.0 Å². The first kappa shape index (κ1) is 23.8. The van der Waals surface area contributed by atoms with Crippen molar-refractivity contribution in [2.24, 2.45) is 0 Å². The van der Waals surface area contributed by atoms with Gasteiger partial charge in [-0.15, -0.1) is 0 Å². The van der Waals surface area contributed by atoms with E-state index >= 15 is 0 Å². The van der Waals surface area contributed by atoms with Gasteiger partial charge in [0.15, 0.2) is 0 Å². The van der Waals surface area contributed by atoms with Crippen molar-refractivity contribution < 1.29 is 9.84 Å². The molecule has 0 aliphatic carbocycles. The van der Waals surface area contributed by atoms with Crippen LogP contribution in [0.25, 0.3) is 0 Å². The number of aryl methyl sites for hydroxylation is 1. The molecule has 0 aromatic heterocycles. The first-order valence-corrected chi connectivity index (χ1v) is 10.6. The molecule has 3 N–H and O–H groups in total. The molecule has 4 heteroatoms. The highest BCUT2D eigenvalue weighted by molar-refractivity contribution is 7.45. The van der Waals surface area contributed by atoms with Crippen molar-refractivity contribution in [3.63, 3.8) is 0 Å². The third kappa shape index (κ3) is 10.2. The fourth-order valence-corrected chi connectivity index (χ4v) is 3.24. The molecule has 1 unspecified atom stereocenters. The van der Waals surface area contributed by atoms with Gasteiger partial charge in [0.1, 0.15) is 0 Å². The van der Waals surface area contributed by atoms with E-state index in [1.54, 1.807) is 0 Å². The normalized spacial score (nSPS) is 9.86. The quantitative estimate of drug-likeness (QED) is 0.311. The van der Waals surface area contributed by atoms with E-state index < -0.39 is 0 Å². The highest BCUT2D eigenvalue weighted by Gasteiger charge is 1.98. The molecule has 0 aliphatic heterocycles. The molecule has 0 aliphatic rings. The first-order valence-electron chi connectivity index (χ1n) is 9.60. The number of aliphatic hydroxyl groups is 1. The topological polar surface area (TPSA) is 45.1 Å². The Labute approximate surface area is 171 Å². The Morgan fingerprint density at radius 1 is 0.786 bits per heavy atom. The van der Waals surface area contributed by atoms with Crippen LogP contribution in [-0.4, -0.2) is 23.5 Å². The van der Waals surface area contributed by atoms with E-state index in [4.69, 9.17) is 5.11 Å². The zero-order chi connectivity index (χ0) is 20.5. The van der Waals surface area contributed by atoms with Gasteiger partial charge in [-0.25, -0.2) is 0 Å². The summed E-state index contributed by atoms with van der Waals surface area (Å²) in [5, 5.41) is 11.9. The van der Waals surface area contributed by atoms with Gasteiger partial charge in [-0.05, 0) is 39.5 Å². The SMILES string of the molecule is CCCCNPc1ccccc1C.CO.c1ccc([OH+]c2ccccc2)cc1. The van der Waals surface area contributed by atoms with E-state index in [1.807, 2.05) is 60.7 Å². The largest absolute Gasteiger partial charge is 0.546 e. The smallest absolute Gasteiger partial charge is 0.260 e. The lowest BCUT2D eigenvalue weighted by Crippen LogP contribution is -2.10. The molecule has 1 atom stereocenters. The van der Waals surface area contributed by atoms with Gasteiger partial charge in [0.25, 0.3) is 11.5 Å². The maximum atomic E-state index is 7.00. The molecule has 0 heterocycles. The number of unbranched alkanes of at least 4 members (excludes halogenated alkanes) is 1. The van der Waals surface area contributed by atoms with Crippen molar-refractivity contribution in [2.45, 2.75) is 26.7 Å². The molecule has 0 saturated carbocycles. The van der Waals surface area contributed by atoms with Crippen molar-refractivity contribution in [3.8, 4) is 11.5 Å². The predicted octanol–water partition coefficient (Wildman–Crippen LogP) is 5.55. The summed E-state index contributed by atoms with van der Waals surface area (Å²) < 4.78 is 4.44. The maximum Gasteiger partial charge on any atom is 0.260 e. The average molecular weight is 399 g/mol. The van der Waals surface area contributed by atoms with Gasteiger partial charge < -0.3 is 9.84 Å². The third-order valence-corrected chi connectivity index (χ3v) is 5.05. The Morgan fingerprint density at radius 3 is 1.79 bits per heavy atom. The second-order valence-corrected chi connectivity index (χ2v) is 7.15. The number of ether oxygens (including phenoxy) is 1. The van der Waals surface area contributed by atoms with E-state index in [0.29, 0.717) is 0 Å². The van der Waals surface area contributed by atoms with Crippen molar-refractivity contribution in [1.82, 2.24) is 5.09 Å². The lowest BCUT2D eigenvalue weighted by Gasteiger charge is -2.06. The van der Waals surface area contributed by atoms with Gasteiger partial charge >= 0.3 is 0 Å². The molecule has 150 valence electrons. The molecule has 3 aromatic carbocycles. The number of hydrogen-bond donors (Lipinski definition) is 2. The van der Waals surface area contributed by atoms with Crippen LogP contribution in [0.5, 0.6) is 11.5 Å². The molecule has 3 nitrogen and oxygen atoms in total. The second-order valence-electron chi connectivity index (χ2n) is 6.00. The monoisotopic (exact) mass is 398 g/mol. The number of hydrogen-bond acceptors (Lipinski definition) is 2. The molecule has 0 spiro atoms. The summed E-state index contributed by atoms with van der Waals surface area (Å²) in [4.78, 5) is 0. The number of nitrogens with one attached hydrogen (secondary N) is 1. The van der Waals surface area contributed by atoms with E-state index in [1.165, 1.54) is 23.7 Å². The molecule has 0 bridgehead atoms. The number of aromatic hydroxyl groups is 2. The predicted molar refractivity (Wildman–Crippen MR) is 124 cm³/mol. The lowest BCUT2D eigenvalue weighted by atomic mass is 10.2. The maximum absolute atomic E-state index is 7.00. The number of aliphatic hydroxyl groups excluding tert-OH is 1. The van der Waals surface area contributed by atoms with Gasteiger partial charge in [-0.3, -0.25) is 5.09 Å². The molecule has 0 saturated heterocycles. The minimum atomic E-state index is 0.763. The Hall–Kier alpha value is -2.19. The molecular formula is C24H33NO2P+. The van der Waals surface area contributed by atoms with Crippen LogP contribution in [0.4, 0.5) is 0 Å². The van der Waals surface area contributed by atoms with Crippen LogP contribution < -0.4 is 10.4 Å². The Morgan fingerprint density at radius 2 is 1.29 bits per heavy atom. The zero-order valence-electron chi connectivity index (χ0n) is 17.1.